The van der Waals surface area contributed by atoms with Crippen LogP contribution in [0.2, 0.25) is 0 Å². The smallest absolute Gasteiger partial charge is 0.00313 e. The van der Waals surface area contributed by atoms with Gasteiger partial charge >= 0.3 is 0 Å². The van der Waals surface area contributed by atoms with Gasteiger partial charge in [0.25, 0.3) is 0 Å². The molecule has 0 amide bonds. The molecule has 0 bridgehead atoms. The summed E-state index contributed by atoms with van der Waals surface area (Å²) < 4.78 is 0. The van der Waals surface area contributed by atoms with Crippen LogP contribution in [0.25, 0.3) is 0 Å². The van der Waals surface area contributed by atoms with Crippen LogP contribution in [0.15, 0.2) is 0 Å². The molecule has 0 unspecified atom stereocenters. The second kappa shape index (κ2) is 17.3. The van der Waals surface area contributed by atoms with Gasteiger partial charge in [-0.1, -0.05) is 55.0 Å². The van der Waals surface area contributed by atoms with Crippen LogP contribution in [0, 0.1) is 0 Å². The zero-order valence-corrected chi connectivity index (χ0v) is 11.4. The van der Waals surface area contributed by atoms with Crippen LogP contribution in [0.3, 0.4) is 0 Å². The van der Waals surface area contributed by atoms with Crippen molar-refractivity contribution in [2.75, 3.05) is 5.33 Å². The molecule has 0 atom stereocenters. The molecule has 1 nitrogen and oxygen atoms in total. The van der Waals surface area contributed by atoms with Gasteiger partial charge in [-0.25, -0.2) is 0 Å². The van der Waals surface area contributed by atoms with Crippen LogP contribution in [0.1, 0.15) is 45.4 Å². The van der Waals surface area contributed by atoms with Crippen LogP contribution in [-0.2, 0) is 0 Å². The highest BCUT2D eigenvalue weighted by atomic mass is 127. The van der Waals surface area contributed by atoms with E-state index in [0.717, 1.165) is 0 Å². The van der Waals surface area contributed by atoms with Crippen molar-refractivity contribution in [3.63, 3.8) is 0 Å². The molecule has 0 radical (unpaired) electrons. The van der Waals surface area contributed by atoms with Gasteiger partial charge in [0.05, 0.1) is 0 Å². The first-order chi connectivity index (χ1) is 4.41. The van der Waals surface area contributed by atoms with E-state index in [2.05, 4.69) is 22.9 Å². The number of rotatable bonds is 6. The van der Waals surface area contributed by atoms with E-state index in [0.29, 0.717) is 0 Å². The van der Waals surface area contributed by atoms with Crippen LogP contribution in [0.4, 0.5) is 0 Å². The molecule has 0 aliphatic heterocycles. The van der Waals surface area contributed by atoms with E-state index < -0.39 is 0 Å². The second-order valence-corrected chi connectivity index (χ2v) is 3.25. The molecule has 11 heavy (non-hydrogen) atoms. The molecular weight excluding hydrogens is 317 g/mol. The second-order valence-electron chi connectivity index (χ2n) is 2.46. The maximum atomic E-state index is 3.42. The molecule has 0 rings (SSSR count). The number of alkyl halides is 1. The van der Waals surface area contributed by atoms with Crippen LogP contribution < -0.4 is 6.15 Å². The van der Waals surface area contributed by atoms with Gasteiger partial charge in [-0.3, -0.25) is 0 Å². The van der Waals surface area contributed by atoms with Gasteiger partial charge in [0.1, 0.15) is 0 Å². The lowest BCUT2D eigenvalue weighted by Gasteiger charge is -1.95. The number of hydrogen-bond acceptors (Lipinski definition) is 1. The Morgan fingerprint density at radius 2 is 1.36 bits per heavy atom. The van der Waals surface area contributed by atoms with Crippen LogP contribution in [0.5, 0.6) is 0 Å². The summed E-state index contributed by atoms with van der Waals surface area (Å²) in [4.78, 5) is 0. The Bertz CT molecular complexity index is 47.4. The van der Waals surface area contributed by atoms with E-state index in [9.17, 15) is 0 Å². The molecule has 0 aliphatic rings. The average molecular weight is 338 g/mol. The van der Waals surface area contributed by atoms with Gasteiger partial charge in [-0.2, -0.15) is 0 Å². The Labute approximate surface area is 96.4 Å². The molecular formula is C8H21BrIN. The molecule has 0 aromatic rings. The van der Waals surface area contributed by atoms with E-state index in [-0.39, 0.29) is 30.1 Å². The van der Waals surface area contributed by atoms with Crippen molar-refractivity contribution in [2.24, 2.45) is 0 Å². The summed E-state index contributed by atoms with van der Waals surface area (Å²) in [5.74, 6) is 0. The van der Waals surface area contributed by atoms with Crippen molar-refractivity contribution >= 4 is 39.9 Å². The molecule has 0 saturated heterocycles. The summed E-state index contributed by atoms with van der Waals surface area (Å²) >= 11 is 3.42. The standard InChI is InChI=1S/C8H17Br.HI.H3N/c1-2-3-4-5-6-7-8-9;;/h2-8H2,1H3;1H;1H3. The topological polar surface area (TPSA) is 35.0 Å². The molecule has 0 spiro atoms. The molecule has 0 aromatic heterocycles. The Balaban J connectivity index is -0.000000320. The largest absolute Gasteiger partial charge is 0.344 e. The fourth-order valence-corrected chi connectivity index (χ4v) is 1.27. The minimum Gasteiger partial charge on any atom is -0.344 e. The average Bonchev–Trinajstić information content (AvgIpc) is 1.89. The summed E-state index contributed by atoms with van der Waals surface area (Å²) in [6.45, 7) is 2.25. The lowest BCUT2D eigenvalue weighted by Crippen LogP contribution is -1.78. The number of halogens is 2. The third kappa shape index (κ3) is 18.3. The van der Waals surface area contributed by atoms with E-state index in [4.69, 9.17) is 0 Å². The first-order valence-corrected chi connectivity index (χ1v) is 5.10. The zero-order chi connectivity index (χ0) is 6.95. The fourth-order valence-electron chi connectivity index (χ4n) is 0.875. The summed E-state index contributed by atoms with van der Waals surface area (Å²) in [5, 5.41) is 1.18. The maximum Gasteiger partial charge on any atom is 0.00313 e. The summed E-state index contributed by atoms with van der Waals surface area (Å²) in [6.07, 6.45) is 8.40. The minimum atomic E-state index is 0. The lowest BCUT2D eigenvalue weighted by molar-refractivity contribution is 0.628. The zero-order valence-electron chi connectivity index (χ0n) is 7.44. The monoisotopic (exact) mass is 337 g/mol. The fraction of sp³-hybridized carbons (Fsp3) is 1.00. The van der Waals surface area contributed by atoms with Crippen LogP contribution in [-0.4, -0.2) is 5.33 Å². The summed E-state index contributed by atoms with van der Waals surface area (Å²) in [5.41, 5.74) is 0. The predicted octanol–water partition coefficient (Wildman–Crippen LogP) is 4.52. The minimum absolute atomic E-state index is 0. The molecule has 0 aromatic carbocycles. The van der Waals surface area contributed by atoms with Gasteiger partial charge in [0.2, 0.25) is 0 Å². The van der Waals surface area contributed by atoms with E-state index in [1.165, 1.54) is 43.9 Å². The molecule has 0 heterocycles. The molecule has 72 valence electrons. The van der Waals surface area contributed by atoms with Gasteiger partial charge in [-0.15, -0.1) is 24.0 Å². The lowest BCUT2D eigenvalue weighted by atomic mass is 10.1. The first kappa shape index (κ1) is 18.1. The van der Waals surface area contributed by atoms with Crippen molar-refractivity contribution in [3.8, 4) is 0 Å². The van der Waals surface area contributed by atoms with Crippen molar-refractivity contribution in [2.45, 2.75) is 45.4 Å². The predicted molar refractivity (Wildman–Crippen MR) is 67.6 cm³/mol. The third-order valence-corrected chi connectivity index (χ3v) is 2.05. The van der Waals surface area contributed by atoms with Gasteiger partial charge in [0, 0.05) is 5.33 Å². The molecule has 3 N–H and O–H groups in total. The summed E-state index contributed by atoms with van der Waals surface area (Å²) in [6, 6.07) is 0. The Morgan fingerprint density at radius 1 is 0.909 bits per heavy atom. The summed E-state index contributed by atoms with van der Waals surface area (Å²) in [7, 11) is 0. The molecule has 3 heteroatoms. The Morgan fingerprint density at radius 3 is 1.82 bits per heavy atom. The highest BCUT2D eigenvalue weighted by Crippen LogP contribution is 2.05. The third-order valence-electron chi connectivity index (χ3n) is 1.49. The number of hydrogen-bond donors (Lipinski definition) is 1. The van der Waals surface area contributed by atoms with Crippen LogP contribution >= 0.6 is 39.9 Å². The highest BCUT2D eigenvalue weighted by molar-refractivity contribution is 14.0. The number of unbranched alkanes of at least 4 members (excludes halogenated alkanes) is 5. The maximum absolute atomic E-state index is 3.42. The van der Waals surface area contributed by atoms with E-state index >= 15 is 0 Å². The van der Waals surface area contributed by atoms with Crippen molar-refractivity contribution in [1.82, 2.24) is 6.15 Å². The normalized spacial score (nSPS) is 8.18. The molecule has 0 saturated carbocycles. The van der Waals surface area contributed by atoms with Crippen molar-refractivity contribution in [1.29, 1.82) is 0 Å². The highest BCUT2D eigenvalue weighted by Gasteiger charge is 1.86. The molecule has 0 fully saturated rings. The first-order valence-electron chi connectivity index (χ1n) is 3.97. The quantitative estimate of drug-likeness (QED) is 0.431. The Kier molecular flexibility index (Phi) is 28.4. The van der Waals surface area contributed by atoms with Gasteiger partial charge in [0.15, 0.2) is 0 Å². The SMILES string of the molecule is CCCCCCCCBr.I.N. The Hall–Kier alpha value is 1.17. The van der Waals surface area contributed by atoms with Gasteiger partial charge in [-0.05, 0) is 6.42 Å². The van der Waals surface area contributed by atoms with E-state index in [1.54, 1.807) is 0 Å². The molecule has 0 aliphatic carbocycles. The van der Waals surface area contributed by atoms with Gasteiger partial charge < -0.3 is 6.15 Å². The van der Waals surface area contributed by atoms with Crippen molar-refractivity contribution < 1.29 is 0 Å². The van der Waals surface area contributed by atoms with E-state index in [1.807, 2.05) is 0 Å². The van der Waals surface area contributed by atoms with Crippen molar-refractivity contribution in [3.05, 3.63) is 0 Å².